The summed E-state index contributed by atoms with van der Waals surface area (Å²) in [5.74, 6) is 0.417. The van der Waals surface area contributed by atoms with E-state index in [2.05, 4.69) is 5.32 Å². The molecular weight excluding hydrogens is 300 g/mol. The molecule has 0 atom stereocenters. The molecule has 0 aromatic heterocycles. The topological polar surface area (TPSA) is 58.6 Å². The second-order valence-corrected chi connectivity index (χ2v) is 7.61. The van der Waals surface area contributed by atoms with Crippen molar-refractivity contribution in [1.82, 2.24) is 9.62 Å². The van der Waals surface area contributed by atoms with Gasteiger partial charge in [0.1, 0.15) is 10.6 Å². The fraction of sp³-hybridized carbons (Fsp3) is 0.625. The highest BCUT2D eigenvalue weighted by atomic mass is 32.2. The summed E-state index contributed by atoms with van der Waals surface area (Å²) in [5.41, 5.74) is 0.918. The minimum Gasteiger partial charge on any atom is -0.495 e. The lowest BCUT2D eigenvalue weighted by Crippen LogP contribution is -2.46. The maximum absolute atomic E-state index is 13.2. The van der Waals surface area contributed by atoms with E-state index in [1.807, 2.05) is 19.9 Å². The number of piperidine rings is 1. The van der Waals surface area contributed by atoms with E-state index in [1.54, 1.807) is 16.4 Å². The van der Waals surface area contributed by atoms with Crippen LogP contribution in [0.3, 0.4) is 0 Å². The molecule has 0 bridgehead atoms. The second-order valence-electron chi connectivity index (χ2n) is 5.75. The normalized spacial score (nSPS) is 16.9. The third kappa shape index (κ3) is 3.62. The number of nitrogens with one attached hydrogen (secondary N) is 1. The van der Waals surface area contributed by atoms with Gasteiger partial charge in [0.05, 0.1) is 7.11 Å². The van der Waals surface area contributed by atoms with Gasteiger partial charge in [-0.2, -0.15) is 4.31 Å². The van der Waals surface area contributed by atoms with Crippen LogP contribution < -0.4 is 10.1 Å². The average molecular weight is 326 g/mol. The summed E-state index contributed by atoms with van der Waals surface area (Å²) in [5, 5.41) is 3.29. The average Bonchev–Trinajstić information content (AvgIpc) is 2.53. The number of hydrogen-bond donors (Lipinski definition) is 1. The van der Waals surface area contributed by atoms with Crippen LogP contribution in [0.2, 0.25) is 0 Å². The third-order valence-corrected chi connectivity index (χ3v) is 6.04. The van der Waals surface area contributed by atoms with Crippen molar-refractivity contribution in [1.29, 1.82) is 0 Å². The minimum atomic E-state index is -3.55. The van der Waals surface area contributed by atoms with Crippen molar-refractivity contribution in [2.75, 3.05) is 26.7 Å². The first kappa shape index (κ1) is 17.2. The Morgan fingerprint density at radius 3 is 2.59 bits per heavy atom. The molecule has 0 radical (unpaired) electrons. The van der Waals surface area contributed by atoms with Crippen LogP contribution >= 0.6 is 0 Å². The summed E-state index contributed by atoms with van der Waals surface area (Å²) in [4.78, 5) is 0.280. The van der Waals surface area contributed by atoms with Crippen LogP contribution in [0.5, 0.6) is 5.75 Å². The summed E-state index contributed by atoms with van der Waals surface area (Å²) < 4.78 is 33.3. The molecule has 0 aliphatic carbocycles. The fourth-order valence-corrected chi connectivity index (χ4v) is 4.95. The van der Waals surface area contributed by atoms with Crippen LogP contribution in [-0.4, -0.2) is 45.5 Å². The van der Waals surface area contributed by atoms with Crippen LogP contribution in [0, 0.1) is 6.92 Å². The summed E-state index contributed by atoms with van der Waals surface area (Å²) in [6.45, 7) is 6.19. The van der Waals surface area contributed by atoms with Crippen LogP contribution in [-0.2, 0) is 10.0 Å². The third-order valence-electron chi connectivity index (χ3n) is 4.07. The van der Waals surface area contributed by atoms with Crippen molar-refractivity contribution in [3.63, 3.8) is 0 Å². The lowest BCUT2D eigenvalue weighted by molar-refractivity contribution is 0.261. The molecule has 1 fully saturated rings. The zero-order valence-electron chi connectivity index (χ0n) is 13.6. The van der Waals surface area contributed by atoms with Crippen molar-refractivity contribution in [3.05, 3.63) is 23.8 Å². The van der Waals surface area contributed by atoms with E-state index in [0.717, 1.165) is 37.9 Å². The molecule has 1 aliphatic heterocycles. The Hall–Kier alpha value is -1.11. The second kappa shape index (κ2) is 7.44. The molecule has 0 amide bonds. The zero-order chi connectivity index (χ0) is 16.2. The smallest absolute Gasteiger partial charge is 0.247 e. The number of ether oxygens (including phenoxy) is 1. The first-order valence-electron chi connectivity index (χ1n) is 7.88. The quantitative estimate of drug-likeness (QED) is 0.870. The number of methoxy groups -OCH3 is 1. The Balaban J connectivity index is 2.42. The Bertz CT molecular complexity index is 595. The van der Waals surface area contributed by atoms with Gasteiger partial charge in [0.15, 0.2) is 0 Å². The molecule has 6 heteroatoms. The van der Waals surface area contributed by atoms with Gasteiger partial charge in [-0.1, -0.05) is 13.0 Å². The van der Waals surface area contributed by atoms with Gasteiger partial charge in [-0.05, 0) is 57.0 Å². The predicted octanol–water partition coefficient (Wildman–Crippen LogP) is 2.16. The standard InChI is InChI=1S/C16H26N2O3S/c1-4-11-18(14-7-9-17-10-8-14)22(19,20)16-12-13(2)5-6-15(16)21-3/h5-6,12,14,17H,4,7-11H2,1-3H3. The largest absolute Gasteiger partial charge is 0.495 e. The summed E-state index contributed by atoms with van der Waals surface area (Å²) in [7, 11) is -2.04. The van der Waals surface area contributed by atoms with Crippen LogP contribution in [0.4, 0.5) is 0 Å². The predicted molar refractivity (Wildman–Crippen MR) is 87.8 cm³/mol. The molecule has 22 heavy (non-hydrogen) atoms. The molecule has 124 valence electrons. The van der Waals surface area contributed by atoms with Crippen molar-refractivity contribution in [2.24, 2.45) is 0 Å². The highest BCUT2D eigenvalue weighted by Crippen LogP contribution is 2.30. The molecule has 0 saturated carbocycles. The molecule has 1 heterocycles. The lowest BCUT2D eigenvalue weighted by atomic mass is 10.1. The summed E-state index contributed by atoms with van der Waals surface area (Å²) >= 11 is 0. The molecule has 1 N–H and O–H groups in total. The Morgan fingerprint density at radius 2 is 2.00 bits per heavy atom. The van der Waals surface area contributed by atoms with E-state index in [9.17, 15) is 8.42 Å². The number of rotatable bonds is 6. The van der Waals surface area contributed by atoms with E-state index in [-0.39, 0.29) is 10.9 Å². The molecule has 1 saturated heterocycles. The van der Waals surface area contributed by atoms with E-state index in [1.165, 1.54) is 7.11 Å². The first-order valence-corrected chi connectivity index (χ1v) is 9.32. The van der Waals surface area contributed by atoms with Gasteiger partial charge in [-0.15, -0.1) is 0 Å². The molecule has 0 spiro atoms. The molecule has 1 aliphatic rings. The molecule has 5 nitrogen and oxygen atoms in total. The molecule has 1 aromatic carbocycles. The van der Waals surface area contributed by atoms with E-state index < -0.39 is 10.0 Å². The summed E-state index contributed by atoms with van der Waals surface area (Å²) in [6.07, 6.45) is 2.51. The van der Waals surface area contributed by atoms with Crippen molar-refractivity contribution in [2.45, 2.75) is 44.0 Å². The van der Waals surface area contributed by atoms with Crippen molar-refractivity contribution < 1.29 is 13.2 Å². The Labute approximate surface area is 133 Å². The SMILES string of the molecule is CCCN(C1CCNCC1)S(=O)(=O)c1cc(C)ccc1OC. The van der Waals surface area contributed by atoms with E-state index in [0.29, 0.717) is 12.3 Å². The van der Waals surface area contributed by atoms with Gasteiger partial charge < -0.3 is 10.1 Å². The van der Waals surface area contributed by atoms with Gasteiger partial charge in [0, 0.05) is 12.6 Å². The minimum absolute atomic E-state index is 0.0661. The van der Waals surface area contributed by atoms with Crippen LogP contribution in [0.15, 0.2) is 23.1 Å². The number of aryl methyl sites for hydroxylation is 1. The van der Waals surface area contributed by atoms with Crippen molar-refractivity contribution in [3.8, 4) is 5.75 Å². The number of hydrogen-bond acceptors (Lipinski definition) is 4. The maximum Gasteiger partial charge on any atom is 0.247 e. The van der Waals surface area contributed by atoms with E-state index >= 15 is 0 Å². The highest BCUT2D eigenvalue weighted by Gasteiger charge is 2.33. The summed E-state index contributed by atoms with van der Waals surface area (Å²) in [6, 6.07) is 5.37. The fourth-order valence-electron chi connectivity index (χ4n) is 2.93. The number of benzene rings is 1. The van der Waals surface area contributed by atoms with Gasteiger partial charge in [0.25, 0.3) is 0 Å². The monoisotopic (exact) mass is 326 g/mol. The van der Waals surface area contributed by atoms with Gasteiger partial charge in [0.2, 0.25) is 10.0 Å². The molecule has 0 unspecified atom stereocenters. The van der Waals surface area contributed by atoms with Crippen LogP contribution in [0.1, 0.15) is 31.7 Å². The molecule has 1 aromatic rings. The number of nitrogens with zero attached hydrogens (tertiary/aromatic N) is 1. The lowest BCUT2D eigenvalue weighted by Gasteiger charge is -2.34. The van der Waals surface area contributed by atoms with Gasteiger partial charge >= 0.3 is 0 Å². The van der Waals surface area contributed by atoms with E-state index in [4.69, 9.17) is 4.74 Å². The first-order chi connectivity index (χ1) is 10.5. The Kier molecular flexibility index (Phi) is 5.83. The zero-order valence-corrected chi connectivity index (χ0v) is 14.4. The number of sulfonamides is 1. The molecular formula is C16H26N2O3S. The Morgan fingerprint density at radius 1 is 1.32 bits per heavy atom. The van der Waals surface area contributed by atoms with Gasteiger partial charge in [-0.25, -0.2) is 8.42 Å². The maximum atomic E-state index is 13.2. The van der Waals surface area contributed by atoms with Crippen molar-refractivity contribution >= 4 is 10.0 Å². The highest BCUT2D eigenvalue weighted by molar-refractivity contribution is 7.89. The molecule has 2 rings (SSSR count). The van der Waals surface area contributed by atoms with Crippen LogP contribution in [0.25, 0.3) is 0 Å². The van der Waals surface area contributed by atoms with Gasteiger partial charge in [-0.3, -0.25) is 0 Å².